The summed E-state index contributed by atoms with van der Waals surface area (Å²) < 4.78 is 30.2. The number of unbranched alkanes of at least 4 members (excludes halogenated alkanes) is 32. The van der Waals surface area contributed by atoms with Crippen molar-refractivity contribution in [3.63, 3.8) is 0 Å². The average molecular weight is 1020 g/mol. The van der Waals surface area contributed by atoms with Gasteiger partial charge in [0, 0.05) is 12.8 Å². The van der Waals surface area contributed by atoms with Crippen molar-refractivity contribution in [1.82, 2.24) is 5.32 Å². The van der Waals surface area contributed by atoms with Gasteiger partial charge in [-0.2, -0.15) is 0 Å². The largest absolute Gasteiger partial charge is 0.756 e. The highest BCUT2D eigenvalue weighted by molar-refractivity contribution is 7.45. The second-order valence-corrected chi connectivity index (χ2v) is 22.9. The number of carbonyl (C=O) groups excluding carboxylic acids is 2. The highest BCUT2D eigenvalue weighted by atomic mass is 31.2. The molecule has 0 spiro atoms. The van der Waals surface area contributed by atoms with Crippen molar-refractivity contribution in [2.24, 2.45) is 0 Å². The fraction of sp³-hybridized carbons (Fsp3) is 0.836. The number of rotatable bonds is 54. The van der Waals surface area contributed by atoms with Gasteiger partial charge in [0.05, 0.1) is 33.8 Å². The minimum Gasteiger partial charge on any atom is -0.756 e. The van der Waals surface area contributed by atoms with Gasteiger partial charge in [-0.3, -0.25) is 14.2 Å². The van der Waals surface area contributed by atoms with Gasteiger partial charge in [0.15, 0.2) is 0 Å². The fourth-order valence-corrected chi connectivity index (χ4v) is 9.27. The molecule has 1 N–H and O–H groups in total. The number of hydrogen-bond donors (Lipinski definition) is 1. The Kier molecular flexibility index (Phi) is 50.0. The van der Waals surface area contributed by atoms with Crippen LogP contribution in [0.25, 0.3) is 0 Å². The topological polar surface area (TPSA) is 114 Å². The highest BCUT2D eigenvalue weighted by Crippen LogP contribution is 2.38. The summed E-state index contributed by atoms with van der Waals surface area (Å²) in [6.07, 6.45) is 62.2. The zero-order valence-corrected chi connectivity index (χ0v) is 48.3. The first kappa shape index (κ1) is 69.0. The Labute approximate surface area is 439 Å². The van der Waals surface area contributed by atoms with E-state index in [9.17, 15) is 19.0 Å². The molecule has 0 saturated carbocycles. The molecule has 71 heavy (non-hydrogen) atoms. The van der Waals surface area contributed by atoms with E-state index in [1.54, 1.807) is 0 Å². The van der Waals surface area contributed by atoms with Crippen LogP contribution in [0.3, 0.4) is 0 Å². The van der Waals surface area contributed by atoms with Crippen molar-refractivity contribution in [1.29, 1.82) is 0 Å². The van der Waals surface area contributed by atoms with Crippen LogP contribution in [0.5, 0.6) is 0 Å². The highest BCUT2D eigenvalue weighted by Gasteiger charge is 2.27. The third-order valence-corrected chi connectivity index (χ3v) is 14.2. The number of quaternary nitrogens is 1. The molecule has 9 nitrogen and oxygen atoms in total. The van der Waals surface area contributed by atoms with Gasteiger partial charge >= 0.3 is 5.97 Å². The summed E-state index contributed by atoms with van der Waals surface area (Å²) in [5.41, 5.74) is 0. The lowest BCUT2D eigenvalue weighted by Gasteiger charge is -2.30. The Hall–Kier alpha value is -2.03. The quantitative estimate of drug-likeness (QED) is 0.0212. The van der Waals surface area contributed by atoms with Crippen LogP contribution in [0.1, 0.15) is 278 Å². The fourth-order valence-electron chi connectivity index (χ4n) is 8.55. The SMILES string of the molecule is CCCCC/C=C\C/C=C\CCCCCCCCCCCCCC(=O)NC(COP(=O)([O-])OCC[N+](C)(C)C)C(/C=C\CCCCCCCCCCC)OC(=O)CCCCC/C=C\CCCCCCCC. The molecular weight excluding hydrogens is 904 g/mol. The van der Waals surface area contributed by atoms with Crippen molar-refractivity contribution in [2.75, 3.05) is 40.9 Å². The number of ether oxygens (including phenoxy) is 1. The van der Waals surface area contributed by atoms with E-state index >= 15 is 0 Å². The van der Waals surface area contributed by atoms with E-state index in [-0.39, 0.29) is 24.9 Å². The third kappa shape index (κ3) is 52.6. The molecule has 1 amide bonds. The van der Waals surface area contributed by atoms with Gasteiger partial charge in [0.25, 0.3) is 7.82 Å². The van der Waals surface area contributed by atoms with Crippen molar-refractivity contribution < 1.29 is 37.3 Å². The van der Waals surface area contributed by atoms with Crippen LogP contribution in [0.4, 0.5) is 0 Å². The second-order valence-electron chi connectivity index (χ2n) is 21.5. The van der Waals surface area contributed by atoms with E-state index in [4.69, 9.17) is 13.8 Å². The van der Waals surface area contributed by atoms with E-state index in [1.165, 1.54) is 167 Å². The molecule has 0 bridgehead atoms. The van der Waals surface area contributed by atoms with Gasteiger partial charge < -0.3 is 28.5 Å². The predicted molar refractivity (Wildman–Crippen MR) is 302 cm³/mol. The van der Waals surface area contributed by atoms with Crippen LogP contribution in [0.15, 0.2) is 48.6 Å². The molecule has 416 valence electrons. The van der Waals surface area contributed by atoms with Crippen LogP contribution in [0.2, 0.25) is 0 Å². The molecule has 0 saturated heterocycles. The summed E-state index contributed by atoms with van der Waals surface area (Å²) in [4.78, 5) is 39.8. The molecular formula is C61H115N2O7P. The molecule has 0 aliphatic heterocycles. The van der Waals surface area contributed by atoms with Crippen LogP contribution < -0.4 is 10.2 Å². The number of esters is 1. The molecule has 0 aromatic carbocycles. The number of amides is 1. The molecule has 0 aromatic heterocycles. The molecule has 3 atom stereocenters. The minimum absolute atomic E-state index is 0.0246. The first-order valence-corrected chi connectivity index (χ1v) is 31.4. The normalized spacial score (nSPS) is 14.1. The van der Waals surface area contributed by atoms with E-state index in [2.05, 4.69) is 62.5 Å². The van der Waals surface area contributed by atoms with Gasteiger partial charge in [-0.05, 0) is 89.5 Å². The van der Waals surface area contributed by atoms with Gasteiger partial charge in [-0.15, -0.1) is 0 Å². The van der Waals surface area contributed by atoms with Gasteiger partial charge in [-0.25, -0.2) is 0 Å². The van der Waals surface area contributed by atoms with Crippen LogP contribution in [-0.4, -0.2) is 69.4 Å². The summed E-state index contributed by atoms with van der Waals surface area (Å²) in [6, 6.07) is -0.893. The summed E-state index contributed by atoms with van der Waals surface area (Å²) in [6.45, 7) is 6.80. The summed E-state index contributed by atoms with van der Waals surface area (Å²) in [5.74, 6) is -0.557. The number of nitrogens with zero attached hydrogens (tertiary/aromatic N) is 1. The maximum atomic E-state index is 13.5. The predicted octanol–water partition coefficient (Wildman–Crippen LogP) is 17.5. The molecule has 0 aliphatic carbocycles. The van der Waals surface area contributed by atoms with Crippen LogP contribution >= 0.6 is 7.82 Å². The third-order valence-electron chi connectivity index (χ3n) is 13.2. The summed E-state index contributed by atoms with van der Waals surface area (Å²) in [7, 11) is 1.18. The van der Waals surface area contributed by atoms with Crippen LogP contribution in [-0.2, 0) is 27.9 Å². The smallest absolute Gasteiger partial charge is 0.306 e. The maximum Gasteiger partial charge on any atom is 0.306 e. The average Bonchev–Trinajstić information content (AvgIpc) is 3.33. The van der Waals surface area contributed by atoms with E-state index in [0.717, 1.165) is 70.6 Å². The molecule has 3 unspecified atom stereocenters. The Morgan fingerprint density at radius 1 is 0.493 bits per heavy atom. The van der Waals surface area contributed by atoms with Gasteiger partial charge in [0.1, 0.15) is 19.3 Å². The lowest BCUT2D eigenvalue weighted by atomic mass is 10.0. The van der Waals surface area contributed by atoms with Gasteiger partial charge in [-0.1, -0.05) is 224 Å². The van der Waals surface area contributed by atoms with E-state index in [1.807, 2.05) is 33.3 Å². The number of allylic oxidation sites excluding steroid dienone is 7. The van der Waals surface area contributed by atoms with Crippen LogP contribution in [0, 0.1) is 0 Å². The monoisotopic (exact) mass is 1020 g/mol. The van der Waals surface area contributed by atoms with Crippen molar-refractivity contribution in [3.05, 3.63) is 48.6 Å². The lowest BCUT2D eigenvalue weighted by Crippen LogP contribution is -2.47. The van der Waals surface area contributed by atoms with Crippen molar-refractivity contribution in [3.8, 4) is 0 Å². The van der Waals surface area contributed by atoms with Crippen molar-refractivity contribution >= 4 is 19.7 Å². The zero-order valence-electron chi connectivity index (χ0n) is 47.4. The Balaban J connectivity index is 5.21. The molecule has 0 rings (SSSR count). The van der Waals surface area contributed by atoms with Crippen molar-refractivity contribution in [2.45, 2.75) is 290 Å². The number of hydrogen-bond acceptors (Lipinski definition) is 7. The number of carbonyl (C=O) groups is 2. The molecule has 0 fully saturated rings. The first-order chi connectivity index (χ1) is 34.4. The Bertz CT molecular complexity index is 1360. The summed E-state index contributed by atoms with van der Waals surface area (Å²) >= 11 is 0. The number of phosphoric acid groups is 1. The maximum absolute atomic E-state index is 13.5. The summed E-state index contributed by atoms with van der Waals surface area (Å²) in [5, 5.41) is 3.02. The lowest BCUT2D eigenvalue weighted by molar-refractivity contribution is -0.870. The number of likely N-dealkylation sites (N-methyl/N-ethyl adjacent to an activating group) is 1. The van der Waals surface area contributed by atoms with E-state index < -0.39 is 26.6 Å². The number of nitrogens with one attached hydrogen (secondary N) is 1. The molecule has 0 radical (unpaired) electrons. The first-order valence-electron chi connectivity index (χ1n) is 29.9. The second kappa shape index (κ2) is 51.5. The molecule has 10 heteroatoms. The van der Waals surface area contributed by atoms with E-state index in [0.29, 0.717) is 23.9 Å². The molecule has 0 aliphatic rings. The number of phosphoric ester groups is 1. The Morgan fingerprint density at radius 2 is 0.859 bits per heavy atom. The molecule has 0 heterocycles. The standard InChI is InChI=1S/C61H115N2O7P/c1-7-10-13-16-19-22-25-27-28-29-30-31-32-33-34-36-38-41-44-47-50-53-60(64)62-58(57-69-71(66,67)68-56-55-63(4,5)6)59(52-49-46-43-40-37-24-21-18-15-12-9-3)70-61(65)54-51-48-45-42-39-35-26-23-20-17-14-11-8-2/h19,22,27-28,35,39,49,52,58-59H,7-18,20-21,23-26,29-34,36-38,40-48,50-51,53-57H2,1-6H3,(H-,62,64,66,67)/b22-19-,28-27-,39-35-,52-49-. The minimum atomic E-state index is -4.70. The molecule has 0 aromatic rings. The zero-order chi connectivity index (χ0) is 52.2. The Morgan fingerprint density at radius 3 is 1.32 bits per heavy atom. The van der Waals surface area contributed by atoms with Gasteiger partial charge in [0.2, 0.25) is 5.91 Å².